The average Bonchev–Trinajstić information content (AvgIpc) is 3.39. The van der Waals surface area contributed by atoms with Gasteiger partial charge in [-0.15, -0.1) is 0 Å². The maximum absolute atomic E-state index is 11.8. The summed E-state index contributed by atoms with van der Waals surface area (Å²) in [4.78, 5) is 18.0. The smallest absolute Gasteiger partial charge is 0.222 e. The van der Waals surface area contributed by atoms with E-state index in [0.717, 1.165) is 48.4 Å². The molecule has 30 heavy (non-hydrogen) atoms. The molecule has 2 N–H and O–H groups in total. The fourth-order valence-electron chi connectivity index (χ4n) is 3.74. The van der Waals surface area contributed by atoms with E-state index in [-0.39, 0.29) is 5.91 Å². The number of nitrogens with one attached hydrogen (secondary N) is 2. The number of carbonyl (C=O) groups excluding carboxylic acids is 1. The first kappa shape index (κ1) is 21.9. The minimum Gasteiger partial charge on any atom is -0.359 e. The van der Waals surface area contributed by atoms with Gasteiger partial charge in [-0.1, -0.05) is 43.3 Å². The van der Waals surface area contributed by atoms with Crippen molar-refractivity contribution in [1.29, 1.82) is 0 Å². The number of aliphatic imine (C=N–C) groups is 1. The van der Waals surface area contributed by atoms with Crippen LogP contribution in [-0.2, 0) is 24.4 Å². The topological polar surface area (TPSA) is 82.8 Å². The van der Waals surface area contributed by atoms with Gasteiger partial charge in [0.05, 0.1) is 12.2 Å². The van der Waals surface area contributed by atoms with E-state index in [9.17, 15) is 4.79 Å². The van der Waals surface area contributed by atoms with Gasteiger partial charge < -0.3 is 20.1 Å². The maximum atomic E-state index is 11.8. The molecule has 1 saturated heterocycles. The SMILES string of the molecule is CCC(CC)c1cc(CNC(=NC)NCc2ccc(CN3CCCC3=O)cc2)on1. The van der Waals surface area contributed by atoms with Crippen molar-refractivity contribution in [2.75, 3.05) is 13.6 Å². The Balaban J connectivity index is 1.45. The molecule has 2 heterocycles. The second kappa shape index (κ2) is 10.8. The standard InChI is InChI=1S/C23H33N5O2/c1-4-19(5-2)21-13-20(30-27-21)15-26-23(24-3)25-14-17-8-10-18(11-9-17)16-28-12-6-7-22(28)29/h8-11,13,19H,4-7,12,14-16H2,1-3H3,(H2,24,25,26). The largest absolute Gasteiger partial charge is 0.359 e. The molecule has 1 amide bonds. The highest BCUT2D eigenvalue weighted by molar-refractivity contribution is 5.79. The lowest BCUT2D eigenvalue weighted by Gasteiger charge is -2.16. The summed E-state index contributed by atoms with van der Waals surface area (Å²) < 4.78 is 5.46. The van der Waals surface area contributed by atoms with Gasteiger partial charge in [0.2, 0.25) is 5.91 Å². The molecular weight excluding hydrogens is 378 g/mol. The molecule has 1 aliphatic rings. The summed E-state index contributed by atoms with van der Waals surface area (Å²) >= 11 is 0. The summed E-state index contributed by atoms with van der Waals surface area (Å²) in [6, 6.07) is 10.4. The highest BCUT2D eigenvalue weighted by atomic mass is 16.5. The summed E-state index contributed by atoms with van der Waals surface area (Å²) in [5, 5.41) is 10.8. The van der Waals surface area contributed by atoms with Crippen molar-refractivity contribution in [2.24, 2.45) is 4.99 Å². The predicted octanol–water partition coefficient (Wildman–Crippen LogP) is 3.57. The molecule has 0 unspecified atom stereocenters. The van der Waals surface area contributed by atoms with Crippen molar-refractivity contribution in [3.63, 3.8) is 0 Å². The van der Waals surface area contributed by atoms with Gasteiger partial charge >= 0.3 is 0 Å². The van der Waals surface area contributed by atoms with Crippen LogP contribution < -0.4 is 10.6 Å². The van der Waals surface area contributed by atoms with Crippen LogP contribution in [0.1, 0.15) is 68.0 Å². The molecular formula is C23H33N5O2. The van der Waals surface area contributed by atoms with E-state index in [1.807, 2.05) is 11.0 Å². The van der Waals surface area contributed by atoms with Crippen LogP contribution in [0.3, 0.4) is 0 Å². The average molecular weight is 412 g/mol. The Bertz CT molecular complexity index is 840. The molecule has 7 nitrogen and oxygen atoms in total. The van der Waals surface area contributed by atoms with Crippen LogP contribution in [0.2, 0.25) is 0 Å². The number of hydrogen-bond donors (Lipinski definition) is 2. The molecule has 0 atom stereocenters. The predicted molar refractivity (Wildman–Crippen MR) is 118 cm³/mol. The molecule has 2 aromatic rings. The zero-order valence-electron chi connectivity index (χ0n) is 18.3. The van der Waals surface area contributed by atoms with Crippen molar-refractivity contribution in [2.45, 2.75) is 65.1 Å². The lowest BCUT2D eigenvalue weighted by atomic mass is 9.99. The Labute approximate surface area is 178 Å². The maximum Gasteiger partial charge on any atom is 0.222 e. The van der Waals surface area contributed by atoms with E-state index in [0.29, 0.717) is 37.9 Å². The van der Waals surface area contributed by atoms with Crippen molar-refractivity contribution >= 4 is 11.9 Å². The number of aromatic nitrogens is 1. The van der Waals surface area contributed by atoms with Crippen LogP contribution in [-0.4, -0.2) is 35.5 Å². The third-order valence-corrected chi connectivity index (χ3v) is 5.66. The van der Waals surface area contributed by atoms with Crippen molar-refractivity contribution in [3.8, 4) is 0 Å². The van der Waals surface area contributed by atoms with Gasteiger partial charge in [0.1, 0.15) is 0 Å². The molecule has 1 aromatic carbocycles. The molecule has 3 rings (SSSR count). The lowest BCUT2D eigenvalue weighted by molar-refractivity contribution is -0.128. The Morgan fingerprint density at radius 2 is 1.87 bits per heavy atom. The van der Waals surface area contributed by atoms with E-state index >= 15 is 0 Å². The first-order valence-corrected chi connectivity index (χ1v) is 10.9. The summed E-state index contributed by atoms with van der Waals surface area (Å²) in [6.07, 6.45) is 3.78. The second-order valence-corrected chi connectivity index (χ2v) is 7.75. The van der Waals surface area contributed by atoms with Crippen LogP contribution in [0.25, 0.3) is 0 Å². The van der Waals surface area contributed by atoms with Gasteiger partial charge in [0.25, 0.3) is 0 Å². The van der Waals surface area contributed by atoms with Gasteiger partial charge in [-0.25, -0.2) is 0 Å². The summed E-state index contributed by atoms with van der Waals surface area (Å²) in [5.41, 5.74) is 3.34. The minimum absolute atomic E-state index is 0.259. The van der Waals surface area contributed by atoms with E-state index < -0.39 is 0 Å². The van der Waals surface area contributed by atoms with Gasteiger partial charge in [-0.3, -0.25) is 9.79 Å². The van der Waals surface area contributed by atoms with Crippen LogP contribution in [0, 0.1) is 0 Å². The quantitative estimate of drug-likeness (QED) is 0.487. The number of hydrogen-bond acceptors (Lipinski definition) is 4. The van der Waals surface area contributed by atoms with Crippen LogP contribution in [0.15, 0.2) is 39.8 Å². The highest BCUT2D eigenvalue weighted by Gasteiger charge is 2.19. The number of rotatable bonds is 9. The molecule has 0 bridgehead atoms. The van der Waals surface area contributed by atoms with Gasteiger partial charge in [-0.2, -0.15) is 0 Å². The first-order valence-electron chi connectivity index (χ1n) is 10.9. The molecule has 1 aromatic heterocycles. The fourth-order valence-corrected chi connectivity index (χ4v) is 3.74. The van der Waals surface area contributed by atoms with Crippen LogP contribution >= 0.6 is 0 Å². The number of likely N-dealkylation sites (tertiary alicyclic amines) is 1. The number of guanidine groups is 1. The molecule has 0 spiro atoms. The molecule has 7 heteroatoms. The molecule has 0 aliphatic carbocycles. The Kier molecular flexibility index (Phi) is 7.88. The monoisotopic (exact) mass is 411 g/mol. The molecule has 1 aliphatic heterocycles. The Hall–Kier alpha value is -2.83. The third-order valence-electron chi connectivity index (χ3n) is 5.66. The summed E-state index contributed by atoms with van der Waals surface area (Å²) in [5.74, 6) is 2.23. The lowest BCUT2D eigenvalue weighted by Crippen LogP contribution is -2.36. The number of carbonyl (C=O) groups is 1. The third kappa shape index (κ3) is 5.84. The van der Waals surface area contributed by atoms with Crippen LogP contribution in [0.4, 0.5) is 0 Å². The molecule has 0 radical (unpaired) electrons. The van der Waals surface area contributed by atoms with Crippen molar-refractivity contribution in [1.82, 2.24) is 20.7 Å². The van der Waals surface area contributed by atoms with E-state index in [1.54, 1.807) is 7.05 Å². The van der Waals surface area contributed by atoms with Crippen molar-refractivity contribution in [3.05, 3.63) is 52.9 Å². The Morgan fingerprint density at radius 3 is 2.50 bits per heavy atom. The molecule has 0 saturated carbocycles. The van der Waals surface area contributed by atoms with E-state index in [4.69, 9.17) is 4.52 Å². The van der Waals surface area contributed by atoms with E-state index in [2.05, 4.69) is 58.9 Å². The number of benzene rings is 1. The summed E-state index contributed by atoms with van der Waals surface area (Å²) in [6.45, 7) is 7.11. The zero-order valence-corrected chi connectivity index (χ0v) is 18.3. The normalized spacial score (nSPS) is 14.6. The Morgan fingerprint density at radius 1 is 1.17 bits per heavy atom. The minimum atomic E-state index is 0.259. The fraction of sp³-hybridized carbons (Fsp3) is 0.522. The first-order chi connectivity index (χ1) is 14.6. The molecule has 162 valence electrons. The van der Waals surface area contributed by atoms with Gasteiger partial charge in [0.15, 0.2) is 11.7 Å². The number of nitrogens with zero attached hydrogens (tertiary/aromatic N) is 3. The summed E-state index contributed by atoms with van der Waals surface area (Å²) in [7, 11) is 1.75. The van der Waals surface area contributed by atoms with Crippen molar-refractivity contribution < 1.29 is 9.32 Å². The van der Waals surface area contributed by atoms with E-state index in [1.165, 1.54) is 0 Å². The van der Waals surface area contributed by atoms with Crippen LogP contribution in [0.5, 0.6) is 0 Å². The zero-order chi connectivity index (χ0) is 21.3. The molecule has 1 fully saturated rings. The van der Waals surface area contributed by atoms with Gasteiger partial charge in [-0.05, 0) is 30.4 Å². The number of amides is 1. The second-order valence-electron chi connectivity index (χ2n) is 7.75. The highest BCUT2D eigenvalue weighted by Crippen LogP contribution is 2.22. The van der Waals surface area contributed by atoms with Gasteiger partial charge in [0, 0.05) is 45.1 Å².